The zero-order chi connectivity index (χ0) is 20.1. The molecule has 3 atom stereocenters. The molecule has 1 fully saturated rings. The normalized spacial score (nSPS) is 21.8. The number of H-pyrrole nitrogens is 1. The summed E-state index contributed by atoms with van der Waals surface area (Å²) in [7, 11) is 0. The number of alkyl halides is 2. The second-order valence-electron chi connectivity index (χ2n) is 6.45. The van der Waals surface area contributed by atoms with Gasteiger partial charge in [0.2, 0.25) is 5.91 Å². The average molecular weight is 389 g/mol. The van der Waals surface area contributed by atoms with Gasteiger partial charge in [-0.1, -0.05) is 18.4 Å². The number of nitrogens with zero attached hydrogens (tertiary/aromatic N) is 3. The molecule has 0 unspecified atom stereocenters. The number of carbonyl (C=O) groups is 1. The summed E-state index contributed by atoms with van der Waals surface area (Å²) >= 11 is 0. The second kappa shape index (κ2) is 8.80. The summed E-state index contributed by atoms with van der Waals surface area (Å²) in [5.74, 6) is 5.75. The number of piperidine rings is 1. The van der Waals surface area contributed by atoms with Gasteiger partial charge in [0.25, 0.3) is 0 Å². The van der Waals surface area contributed by atoms with Crippen LogP contribution in [0.5, 0.6) is 0 Å². The van der Waals surface area contributed by atoms with E-state index in [2.05, 4.69) is 43.4 Å². The number of nitrogens with one attached hydrogen (secondary N) is 2. The molecule has 0 spiro atoms. The largest absolute Gasteiger partial charge is 0.362 e. The highest BCUT2D eigenvalue weighted by Crippen LogP contribution is 2.27. The number of hydrogen-bond donors (Lipinski definition) is 2. The Morgan fingerprint density at radius 3 is 3.14 bits per heavy atom. The molecule has 2 aromatic rings. The van der Waals surface area contributed by atoms with E-state index >= 15 is 0 Å². The highest BCUT2D eigenvalue weighted by atomic mass is 19.1. The quantitative estimate of drug-likeness (QED) is 0.465. The van der Waals surface area contributed by atoms with E-state index in [0.29, 0.717) is 22.4 Å². The monoisotopic (exact) mass is 389 g/mol. The molecule has 1 aliphatic heterocycles. The maximum absolute atomic E-state index is 14.7. The summed E-state index contributed by atoms with van der Waals surface area (Å²) in [5, 5.41) is 3.70. The summed E-state index contributed by atoms with van der Waals surface area (Å²) in [6.07, 6.45) is 3.30. The van der Waals surface area contributed by atoms with E-state index in [0.717, 1.165) is 0 Å². The first-order chi connectivity index (χ1) is 13.5. The Hall–Kier alpha value is -2.99. The van der Waals surface area contributed by atoms with Gasteiger partial charge in [0.05, 0.1) is 17.0 Å². The molecule has 3 rings (SSSR count). The molecular formula is C19H21F2N5O2. The fourth-order valence-electron chi connectivity index (χ4n) is 3.25. The van der Waals surface area contributed by atoms with E-state index in [1.807, 2.05) is 6.92 Å². The van der Waals surface area contributed by atoms with Crippen molar-refractivity contribution in [3.63, 3.8) is 0 Å². The fourth-order valence-corrected chi connectivity index (χ4v) is 3.25. The van der Waals surface area contributed by atoms with E-state index in [-0.39, 0.29) is 31.5 Å². The minimum Gasteiger partial charge on any atom is -0.362 e. The lowest BCUT2D eigenvalue weighted by Gasteiger charge is -2.40. The fraction of sp³-hybridized carbons (Fsp3) is 0.421. The number of amides is 1. The SMILES string of the molecule is C=CC(=O)N1C[C@H](Nc2ncnc3[nH]cc(C#CCOCF)c23)[C@@H](F)C[C@@H]1C. The van der Waals surface area contributed by atoms with Crippen LogP contribution >= 0.6 is 0 Å². The van der Waals surface area contributed by atoms with Crippen molar-refractivity contribution in [1.29, 1.82) is 0 Å². The van der Waals surface area contributed by atoms with Crippen LogP contribution in [0.3, 0.4) is 0 Å². The number of aromatic nitrogens is 3. The molecule has 28 heavy (non-hydrogen) atoms. The molecule has 0 aliphatic carbocycles. The Morgan fingerprint density at radius 2 is 2.39 bits per heavy atom. The lowest BCUT2D eigenvalue weighted by atomic mass is 9.97. The van der Waals surface area contributed by atoms with Crippen LogP contribution < -0.4 is 5.32 Å². The lowest BCUT2D eigenvalue weighted by Crippen LogP contribution is -2.54. The molecule has 7 nitrogen and oxygen atoms in total. The van der Waals surface area contributed by atoms with Gasteiger partial charge in [0.1, 0.15) is 30.6 Å². The highest BCUT2D eigenvalue weighted by molar-refractivity contribution is 5.93. The molecule has 2 N–H and O–H groups in total. The number of halogens is 2. The smallest absolute Gasteiger partial charge is 0.246 e. The zero-order valence-electron chi connectivity index (χ0n) is 15.4. The third-order valence-electron chi connectivity index (χ3n) is 4.65. The summed E-state index contributed by atoms with van der Waals surface area (Å²) in [6.45, 7) is 4.55. The average Bonchev–Trinajstić information content (AvgIpc) is 3.11. The Balaban J connectivity index is 1.86. The van der Waals surface area contributed by atoms with Crippen molar-refractivity contribution < 1.29 is 18.3 Å². The van der Waals surface area contributed by atoms with E-state index in [4.69, 9.17) is 0 Å². The van der Waals surface area contributed by atoms with Gasteiger partial charge < -0.3 is 19.9 Å². The Morgan fingerprint density at radius 1 is 1.57 bits per heavy atom. The van der Waals surface area contributed by atoms with Gasteiger partial charge in [-0.3, -0.25) is 4.79 Å². The van der Waals surface area contributed by atoms with E-state index in [1.54, 1.807) is 11.1 Å². The van der Waals surface area contributed by atoms with Gasteiger partial charge in [-0.2, -0.15) is 0 Å². The number of hydrogen-bond acceptors (Lipinski definition) is 5. The van der Waals surface area contributed by atoms with Crippen molar-refractivity contribution in [3.05, 3.63) is 30.7 Å². The molecule has 148 valence electrons. The molecule has 9 heteroatoms. The number of anilines is 1. The van der Waals surface area contributed by atoms with Crippen molar-refractivity contribution >= 4 is 22.8 Å². The van der Waals surface area contributed by atoms with Crippen molar-refractivity contribution in [1.82, 2.24) is 19.9 Å². The van der Waals surface area contributed by atoms with Gasteiger partial charge in [-0.05, 0) is 13.0 Å². The van der Waals surface area contributed by atoms with Crippen LogP contribution in [0.4, 0.5) is 14.6 Å². The Labute approximate surface area is 161 Å². The molecule has 1 amide bonds. The van der Waals surface area contributed by atoms with Gasteiger partial charge in [0.15, 0.2) is 6.86 Å². The number of likely N-dealkylation sites (tertiary alicyclic amines) is 1. The predicted octanol–water partition coefficient (Wildman–Crippen LogP) is 2.18. The van der Waals surface area contributed by atoms with Crippen molar-refractivity contribution in [2.24, 2.45) is 0 Å². The summed E-state index contributed by atoms with van der Waals surface area (Å²) in [6, 6.07) is -0.850. The molecule has 1 aliphatic rings. The first-order valence-electron chi connectivity index (χ1n) is 8.83. The zero-order valence-corrected chi connectivity index (χ0v) is 15.4. The molecule has 2 aromatic heterocycles. The lowest BCUT2D eigenvalue weighted by molar-refractivity contribution is -0.130. The van der Waals surface area contributed by atoms with Gasteiger partial charge in [0, 0.05) is 25.2 Å². The maximum Gasteiger partial charge on any atom is 0.246 e. The van der Waals surface area contributed by atoms with Gasteiger partial charge >= 0.3 is 0 Å². The molecule has 3 heterocycles. The van der Waals surface area contributed by atoms with Crippen LogP contribution in [0.15, 0.2) is 25.2 Å². The molecule has 0 aromatic carbocycles. The van der Waals surface area contributed by atoms with Crippen molar-refractivity contribution in [2.45, 2.75) is 31.6 Å². The summed E-state index contributed by atoms with van der Waals surface area (Å²) < 4.78 is 31.3. The Bertz CT molecular complexity index is 920. The number of carbonyl (C=O) groups excluding carboxylic acids is 1. The molecule has 0 saturated carbocycles. The van der Waals surface area contributed by atoms with Crippen molar-refractivity contribution in [3.8, 4) is 11.8 Å². The number of ether oxygens (including phenoxy) is 1. The summed E-state index contributed by atoms with van der Waals surface area (Å²) in [4.78, 5) is 25.0. The number of aromatic amines is 1. The second-order valence-corrected chi connectivity index (χ2v) is 6.45. The van der Waals surface area contributed by atoms with Crippen LogP contribution in [-0.4, -0.2) is 64.0 Å². The Kier molecular flexibility index (Phi) is 6.21. The molecular weight excluding hydrogens is 368 g/mol. The van der Waals surface area contributed by atoms with Crippen LogP contribution in [0.1, 0.15) is 18.9 Å². The maximum atomic E-state index is 14.7. The predicted molar refractivity (Wildman–Crippen MR) is 101 cm³/mol. The highest BCUT2D eigenvalue weighted by Gasteiger charge is 2.35. The van der Waals surface area contributed by atoms with Crippen molar-refractivity contribution in [2.75, 3.05) is 25.3 Å². The van der Waals surface area contributed by atoms with Crippen LogP contribution in [0, 0.1) is 11.8 Å². The van der Waals surface area contributed by atoms with E-state index < -0.39 is 19.1 Å². The third-order valence-corrected chi connectivity index (χ3v) is 4.65. The summed E-state index contributed by atoms with van der Waals surface area (Å²) in [5.41, 5.74) is 1.12. The van der Waals surface area contributed by atoms with Crippen LogP contribution in [-0.2, 0) is 9.53 Å². The first-order valence-corrected chi connectivity index (χ1v) is 8.83. The van der Waals surface area contributed by atoms with E-state index in [1.165, 1.54) is 12.4 Å². The van der Waals surface area contributed by atoms with Crippen LogP contribution in [0.2, 0.25) is 0 Å². The third kappa shape index (κ3) is 4.12. The molecule has 0 radical (unpaired) electrons. The standard InChI is InChI=1S/C19H21F2N5O2/c1-3-16(27)26-9-15(14(21)7-12(26)2)25-19-17-13(5-4-6-28-10-20)8-22-18(17)23-11-24-19/h3,8,11-12,14-15H,1,6-7,9-10H2,2H3,(H2,22,23,24,25)/t12-,14-,15-/m0/s1. The number of fused-ring (bicyclic) bond motifs is 1. The minimum absolute atomic E-state index is 0.0503. The number of rotatable bonds is 5. The van der Waals surface area contributed by atoms with Gasteiger partial charge in [-0.15, -0.1) is 0 Å². The van der Waals surface area contributed by atoms with E-state index in [9.17, 15) is 13.6 Å². The van der Waals surface area contributed by atoms with Crippen LogP contribution in [0.25, 0.3) is 11.0 Å². The first kappa shape index (κ1) is 19.8. The van der Waals surface area contributed by atoms with Gasteiger partial charge in [-0.25, -0.2) is 18.7 Å². The topological polar surface area (TPSA) is 83.1 Å². The molecule has 1 saturated heterocycles. The molecule has 0 bridgehead atoms. The minimum atomic E-state index is -1.15.